The summed E-state index contributed by atoms with van der Waals surface area (Å²) in [5.74, 6) is 1.16. The van der Waals surface area contributed by atoms with Crippen LogP contribution in [0.3, 0.4) is 0 Å². The molecule has 5 nitrogen and oxygen atoms in total. The molecular formula is C16H22BrN3O2. The molecule has 1 saturated heterocycles. The Balaban J connectivity index is 1.79. The molecule has 1 aromatic heterocycles. The van der Waals surface area contributed by atoms with E-state index in [4.69, 9.17) is 0 Å². The highest BCUT2D eigenvalue weighted by Crippen LogP contribution is 2.39. The molecule has 1 N–H and O–H groups in total. The minimum atomic E-state index is -0.191. The van der Waals surface area contributed by atoms with Gasteiger partial charge >= 0.3 is 6.03 Å². The summed E-state index contributed by atoms with van der Waals surface area (Å²) in [7, 11) is 1.68. The van der Waals surface area contributed by atoms with E-state index in [2.05, 4.69) is 28.2 Å². The Kier molecular flexibility index (Phi) is 4.30. The van der Waals surface area contributed by atoms with E-state index in [0.29, 0.717) is 23.6 Å². The van der Waals surface area contributed by atoms with Crippen LogP contribution in [-0.4, -0.2) is 28.1 Å². The molecule has 0 aromatic carbocycles. The van der Waals surface area contributed by atoms with Crippen molar-refractivity contribution in [3.8, 4) is 0 Å². The Hall–Kier alpha value is -1.30. The minimum absolute atomic E-state index is 0.142. The standard InChI is InChI=1S/C16H22BrN3O2/c1-10-8-20(14-6-4-3-5-12(10)14)16(22)18-13-7-11(17)9-19(2)15(13)21/h7,9-10,12,14H,3-6,8H2,1-2H3,(H,18,22). The summed E-state index contributed by atoms with van der Waals surface area (Å²) >= 11 is 3.36. The third kappa shape index (κ3) is 2.81. The molecule has 22 heavy (non-hydrogen) atoms. The number of fused-ring (bicyclic) bond motifs is 1. The minimum Gasteiger partial charge on any atom is -0.321 e. The van der Waals surface area contributed by atoms with Crippen LogP contribution in [0, 0.1) is 11.8 Å². The van der Waals surface area contributed by atoms with Crippen LogP contribution in [0.2, 0.25) is 0 Å². The fourth-order valence-electron chi connectivity index (χ4n) is 3.95. The first kappa shape index (κ1) is 15.6. The maximum Gasteiger partial charge on any atom is 0.322 e. The van der Waals surface area contributed by atoms with Gasteiger partial charge in [0.25, 0.3) is 5.56 Å². The van der Waals surface area contributed by atoms with Crippen LogP contribution in [0.25, 0.3) is 0 Å². The molecule has 3 unspecified atom stereocenters. The molecule has 3 rings (SSSR count). The molecule has 0 radical (unpaired) electrons. The van der Waals surface area contributed by atoms with Gasteiger partial charge in [0.15, 0.2) is 0 Å². The van der Waals surface area contributed by atoms with Gasteiger partial charge in [0.2, 0.25) is 0 Å². The number of anilines is 1. The maximum atomic E-state index is 12.6. The number of halogens is 1. The van der Waals surface area contributed by atoms with Gasteiger partial charge in [0.1, 0.15) is 5.69 Å². The monoisotopic (exact) mass is 367 g/mol. The van der Waals surface area contributed by atoms with E-state index in [1.165, 1.54) is 23.8 Å². The van der Waals surface area contributed by atoms with Gasteiger partial charge in [-0.2, -0.15) is 0 Å². The lowest BCUT2D eigenvalue weighted by Gasteiger charge is -2.32. The third-order valence-corrected chi connectivity index (χ3v) is 5.48. The Morgan fingerprint density at radius 2 is 2.09 bits per heavy atom. The maximum absolute atomic E-state index is 12.6. The number of nitrogens with one attached hydrogen (secondary N) is 1. The van der Waals surface area contributed by atoms with Gasteiger partial charge in [-0.3, -0.25) is 4.79 Å². The van der Waals surface area contributed by atoms with Crippen LogP contribution in [0.4, 0.5) is 10.5 Å². The van der Waals surface area contributed by atoms with Crippen molar-refractivity contribution in [3.63, 3.8) is 0 Å². The predicted molar refractivity (Wildman–Crippen MR) is 90.0 cm³/mol. The van der Waals surface area contributed by atoms with Crippen LogP contribution >= 0.6 is 15.9 Å². The number of aromatic nitrogens is 1. The van der Waals surface area contributed by atoms with E-state index >= 15 is 0 Å². The number of hydrogen-bond acceptors (Lipinski definition) is 2. The highest BCUT2D eigenvalue weighted by atomic mass is 79.9. The van der Waals surface area contributed by atoms with Crippen LogP contribution in [0.15, 0.2) is 21.5 Å². The fourth-order valence-corrected chi connectivity index (χ4v) is 4.49. The zero-order chi connectivity index (χ0) is 15.9. The van der Waals surface area contributed by atoms with Crippen molar-refractivity contribution in [1.82, 2.24) is 9.47 Å². The van der Waals surface area contributed by atoms with Crippen molar-refractivity contribution in [2.24, 2.45) is 18.9 Å². The summed E-state index contributed by atoms with van der Waals surface area (Å²) in [5, 5.41) is 2.81. The molecular weight excluding hydrogens is 346 g/mol. The van der Waals surface area contributed by atoms with Crippen molar-refractivity contribution in [2.75, 3.05) is 11.9 Å². The first-order valence-electron chi connectivity index (χ1n) is 7.91. The van der Waals surface area contributed by atoms with E-state index in [1.807, 2.05) is 4.90 Å². The molecule has 2 heterocycles. The number of hydrogen-bond donors (Lipinski definition) is 1. The smallest absolute Gasteiger partial charge is 0.321 e. The number of rotatable bonds is 1. The second-order valence-corrected chi connectivity index (χ2v) is 7.48. The van der Waals surface area contributed by atoms with E-state index in [1.54, 1.807) is 19.3 Å². The van der Waals surface area contributed by atoms with Crippen LogP contribution in [0.5, 0.6) is 0 Å². The Bertz CT molecular complexity index is 643. The van der Waals surface area contributed by atoms with Crippen molar-refractivity contribution < 1.29 is 4.79 Å². The summed E-state index contributed by atoms with van der Waals surface area (Å²) in [4.78, 5) is 26.7. The van der Waals surface area contributed by atoms with Crippen molar-refractivity contribution >= 4 is 27.6 Å². The highest BCUT2D eigenvalue weighted by Gasteiger charge is 2.42. The topological polar surface area (TPSA) is 54.3 Å². The van der Waals surface area contributed by atoms with Gasteiger partial charge in [-0.1, -0.05) is 19.8 Å². The molecule has 2 aliphatic rings. The first-order chi connectivity index (χ1) is 10.5. The molecule has 6 heteroatoms. The Morgan fingerprint density at radius 3 is 2.86 bits per heavy atom. The number of amides is 2. The molecule has 1 aromatic rings. The van der Waals surface area contributed by atoms with Gasteiger partial charge < -0.3 is 14.8 Å². The summed E-state index contributed by atoms with van der Waals surface area (Å²) in [6.07, 6.45) is 6.45. The lowest BCUT2D eigenvalue weighted by molar-refractivity contribution is 0.180. The molecule has 1 saturated carbocycles. The molecule has 1 aliphatic heterocycles. The highest BCUT2D eigenvalue weighted by molar-refractivity contribution is 9.10. The second kappa shape index (κ2) is 6.07. The molecule has 0 spiro atoms. The summed E-state index contributed by atoms with van der Waals surface area (Å²) in [6, 6.07) is 1.86. The zero-order valence-electron chi connectivity index (χ0n) is 13.0. The van der Waals surface area contributed by atoms with E-state index in [9.17, 15) is 9.59 Å². The average Bonchev–Trinajstić information content (AvgIpc) is 2.82. The molecule has 2 fully saturated rings. The number of urea groups is 1. The fraction of sp³-hybridized carbons (Fsp3) is 0.625. The van der Waals surface area contributed by atoms with Crippen LogP contribution in [0.1, 0.15) is 32.6 Å². The van der Waals surface area contributed by atoms with Crippen LogP contribution in [-0.2, 0) is 7.05 Å². The Labute approximate surface area is 138 Å². The normalized spacial score (nSPS) is 27.6. The van der Waals surface area contributed by atoms with Gasteiger partial charge in [-0.05, 0) is 46.7 Å². The largest absolute Gasteiger partial charge is 0.322 e. The number of carbonyl (C=O) groups excluding carboxylic acids is 1. The van der Waals surface area contributed by atoms with Crippen LogP contribution < -0.4 is 10.9 Å². The molecule has 0 bridgehead atoms. The second-order valence-electron chi connectivity index (χ2n) is 6.56. The number of likely N-dealkylation sites (tertiary alicyclic amines) is 1. The summed E-state index contributed by atoms with van der Waals surface area (Å²) in [6.45, 7) is 3.02. The van der Waals surface area contributed by atoms with Gasteiger partial charge in [-0.25, -0.2) is 4.79 Å². The number of pyridine rings is 1. The van der Waals surface area contributed by atoms with E-state index in [0.717, 1.165) is 17.4 Å². The average molecular weight is 368 g/mol. The summed E-state index contributed by atoms with van der Waals surface area (Å²) in [5.41, 5.74) is 0.137. The first-order valence-corrected chi connectivity index (χ1v) is 8.70. The van der Waals surface area contributed by atoms with E-state index < -0.39 is 0 Å². The van der Waals surface area contributed by atoms with Gasteiger partial charge in [0.05, 0.1) is 0 Å². The van der Waals surface area contributed by atoms with Crippen molar-refractivity contribution in [1.29, 1.82) is 0 Å². The number of carbonyl (C=O) groups is 1. The van der Waals surface area contributed by atoms with Crippen molar-refractivity contribution in [3.05, 3.63) is 27.1 Å². The molecule has 2 amide bonds. The van der Waals surface area contributed by atoms with Gasteiger partial charge in [0, 0.05) is 30.3 Å². The lowest BCUT2D eigenvalue weighted by atomic mass is 9.80. The van der Waals surface area contributed by atoms with Gasteiger partial charge in [-0.15, -0.1) is 0 Å². The third-order valence-electron chi connectivity index (χ3n) is 5.05. The quantitative estimate of drug-likeness (QED) is 0.828. The molecule has 120 valence electrons. The number of nitrogens with zero attached hydrogens (tertiary/aromatic N) is 2. The number of aryl methyl sites for hydroxylation is 1. The zero-order valence-corrected chi connectivity index (χ0v) is 14.6. The SMILES string of the molecule is CC1CN(C(=O)Nc2cc(Br)cn(C)c2=O)C2CCCCC12. The summed E-state index contributed by atoms with van der Waals surface area (Å²) < 4.78 is 2.24. The van der Waals surface area contributed by atoms with E-state index in [-0.39, 0.29) is 11.6 Å². The Morgan fingerprint density at radius 1 is 1.36 bits per heavy atom. The molecule has 1 aliphatic carbocycles. The predicted octanol–water partition coefficient (Wildman–Crippen LogP) is 3.19. The lowest BCUT2D eigenvalue weighted by Crippen LogP contribution is -2.42. The molecule has 3 atom stereocenters. The van der Waals surface area contributed by atoms with Crippen molar-refractivity contribution in [2.45, 2.75) is 38.6 Å².